The molecule has 0 atom stereocenters. The van der Waals surface area contributed by atoms with Crippen molar-refractivity contribution < 1.29 is 4.74 Å². The van der Waals surface area contributed by atoms with Crippen molar-refractivity contribution in [3.8, 4) is 11.6 Å². The van der Waals surface area contributed by atoms with E-state index < -0.39 is 0 Å². The largest absolute Gasteiger partial charge is 0.437 e. The van der Waals surface area contributed by atoms with E-state index in [2.05, 4.69) is 9.97 Å². The zero-order valence-corrected chi connectivity index (χ0v) is 11.8. The molecule has 2 aromatic carbocycles. The standard InChI is InChI=1S/C17H16N2O/c1-11-7-6-8-12(2)16(11)20-17-13(3)18-14-9-4-5-10-15(14)19-17/h4-10H,1-3H3. The van der Waals surface area contributed by atoms with Crippen LogP contribution in [0.5, 0.6) is 11.6 Å². The Morgan fingerprint density at radius 2 is 1.35 bits per heavy atom. The summed E-state index contributed by atoms with van der Waals surface area (Å²) in [5, 5.41) is 0. The number of para-hydroxylation sites is 3. The lowest BCUT2D eigenvalue weighted by Crippen LogP contribution is -1.98. The predicted octanol–water partition coefficient (Wildman–Crippen LogP) is 4.35. The van der Waals surface area contributed by atoms with Gasteiger partial charge in [0.05, 0.1) is 11.0 Å². The van der Waals surface area contributed by atoms with Gasteiger partial charge in [0, 0.05) is 0 Å². The van der Waals surface area contributed by atoms with E-state index in [-0.39, 0.29) is 0 Å². The summed E-state index contributed by atoms with van der Waals surface area (Å²) in [7, 11) is 0. The third-order valence-corrected chi connectivity index (χ3v) is 3.31. The van der Waals surface area contributed by atoms with Gasteiger partial charge < -0.3 is 4.74 Å². The lowest BCUT2D eigenvalue weighted by Gasteiger charge is -2.12. The van der Waals surface area contributed by atoms with Crippen molar-refractivity contribution in [1.29, 1.82) is 0 Å². The highest BCUT2D eigenvalue weighted by atomic mass is 16.5. The first-order valence-electron chi connectivity index (χ1n) is 6.62. The Labute approximate surface area is 118 Å². The average molecular weight is 264 g/mol. The fourth-order valence-electron chi connectivity index (χ4n) is 2.23. The van der Waals surface area contributed by atoms with Crippen LogP contribution in [-0.4, -0.2) is 9.97 Å². The Morgan fingerprint density at radius 3 is 2.00 bits per heavy atom. The van der Waals surface area contributed by atoms with Gasteiger partial charge in [0.15, 0.2) is 0 Å². The molecule has 1 heterocycles. The highest BCUT2D eigenvalue weighted by Crippen LogP contribution is 2.29. The van der Waals surface area contributed by atoms with Crippen LogP contribution >= 0.6 is 0 Å². The minimum Gasteiger partial charge on any atom is -0.437 e. The molecule has 3 nitrogen and oxygen atoms in total. The molecule has 20 heavy (non-hydrogen) atoms. The fourth-order valence-corrected chi connectivity index (χ4v) is 2.23. The maximum Gasteiger partial charge on any atom is 0.241 e. The van der Waals surface area contributed by atoms with Gasteiger partial charge in [0.2, 0.25) is 5.88 Å². The van der Waals surface area contributed by atoms with E-state index in [0.29, 0.717) is 5.88 Å². The molecule has 0 aliphatic rings. The number of fused-ring (bicyclic) bond motifs is 1. The van der Waals surface area contributed by atoms with E-state index in [4.69, 9.17) is 4.74 Å². The minimum atomic E-state index is 0.570. The van der Waals surface area contributed by atoms with Crippen molar-refractivity contribution in [1.82, 2.24) is 9.97 Å². The second-order valence-corrected chi connectivity index (χ2v) is 4.93. The van der Waals surface area contributed by atoms with E-state index in [0.717, 1.165) is 33.6 Å². The van der Waals surface area contributed by atoms with Gasteiger partial charge in [-0.25, -0.2) is 9.97 Å². The molecule has 1 aromatic heterocycles. The molecule has 0 aliphatic heterocycles. The lowest BCUT2D eigenvalue weighted by molar-refractivity contribution is 0.451. The van der Waals surface area contributed by atoms with Crippen LogP contribution in [0.1, 0.15) is 16.8 Å². The summed E-state index contributed by atoms with van der Waals surface area (Å²) in [4.78, 5) is 9.11. The van der Waals surface area contributed by atoms with Gasteiger partial charge in [-0.2, -0.15) is 0 Å². The molecule has 3 rings (SSSR count). The normalized spacial score (nSPS) is 10.8. The smallest absolute Gasteiger partial charge is 0.241 e. The van der Waals surface area contributed by atoms with Gasteiger partial charge in [-0.15, -0.1) is 0 Å². The van der Waals surface area contributed by atoms with E-state index in [1.165, 1.54) is 0 Å². The molecule has 0 N–H and O–H groups in total. The maximum absolute atomic E-state index is 6.01. The monoisotopic (exact) mass is 264 g/mol. The molecule has 0 spiro atoms. The molecular formula is C17H16N2O. The first-order valence-corrected chi connectivity index (χ1v) is 6.62. The van der Waals surface area contributed by atoms with Gasteiger partial charge in [-0.3, -0.25) is 0 Å². The zero-order valence-electron chi connectivity index (χ0n) is 11.8. The second kappa shape index (κ2) is 4.93. The van der Waals surface area contributed by atoms with E-state index in [1.54, 1.807) is 0 Å². The molecule has 100 valence electrons. The molecule has 0 bridgehead atoms. The number of aromatic nitrogens is 2. The number of ether oxygens (including phenoxy) is 1. The van der Waals surface area contributed by atoms with Crippen LogP contribution in [-0.2, 0) is 0 Å². The summed E-state index contributed by atoms with van der Waals surface area (Å²) in [6.45, 7) is 5.99. The highest BCUT2D eigenvalue weighted by molar-refractivity contribution is 5.74. The van der Waals surface area contributed by atoms with Crippen LogP contribution in [0, 0.1) is 20.8 Å². The summed E-state index contributed by atoms with van der Waals surface area (Å²) in [6.07, 6.45) is 0. The van der Waals surface area contributed by atoms with Crippen LogP contribution < -0.4 is 4.74 Å². The predicted molar refractivity (Wildman–Crippen MR) is 80.3 cm³/mol. The molecule has 0 radical (unpaired) electrons. The number of aryl methyl sites for hydroxylation is 3. The van der Waals surface area contributed by atoms with Gasteiger partial charge in [-0.1, -0.05) is 30.3 Å². The highest BCUT2D eigenvalue weighted by Gasteiger charge is 2.10. The van der Waals surface area contributed by atoms with Crippen molar-refractivity contribution in [3.63, 3.8) is 0 Å². The van der Waals surface area contributed by atoms with Crippen molar-refractivity contribution in [3.05, 3.63) is 59.3 Å². The molecule has 0 aliphatic carbocycles. The fraction of sp³-hybridized carbons (Fsp3) is 0.176. The van der Waals surface area contributed by atoms with Crippen LogP contribution in [0.15, 0.2) is 42.5 Å². The number of nitrogens with zero attached hydrogens (tertiary/aromatic N) is 2. The summed E-state index contributed by atoms with van der Waals surface area (Å²) >= 11 is 0. The summed E-state index contributed by atoms with van der Waals surface area (Å²) in [5.41, 5.74) is 4.73. The Balaban J connectivity index is 2.09. The summed E-state index contributed by atoms with van der Waals surface area (Å²) < 4.78 is 6.01. The van der Waals surface area contributed by atoms with Gasteiger partial charge in [0.1, 0.15) is 11.4 Å². The van der Waals surface area contributed by atoms with E-state index in [9.17, 15) is 0 Å². The minimum absolute atomic E-state index is 0.570. The Bertz CT molecular complexity index is 761. The molecule has 0 saturated heterocycles. The van der Waals surface area contributed by atoms with Crippen LogP contribution in [0.3, 0.4) is 0 Å². The van der Waals surface area contributed by atoms with E-state index >= 15 is 0 Å². The molecule has 0 saturated carbocycles. The second-order valence-electron chi connectivity index (χ2n) is 4.93. The number of hydrogen-bond acceptors (Lipinski definition) is 3. The first-order chi connectivity index (χ1) is 9.65. The molecule has 3 heteroatoms. The zero-order chi connectivity index (χ0) is 14.1. The number of hydrogen-bond donors (Lipinski definition) is 0. The topological polar surface area (TPSA) is 35.0 Å². The van der Waals surface area contributed by atoms with Crippen molar-refractivity contribution in [2.75, 3.05) is 0 Å². The lowest BCUT2D eigenvalue weighted by atomic mass is 10.1. The van der Waals surface area contributed by atoms with Gasteiger partial charge in [0.25, 0.3) is 0 Å². The van der Waals surface area contributed by atoms with Gasteiger partial charge in [-0.05, 0) is 44.0 Å². The van der Waals surface area contributed by atoms with Crippen LogP contribution in [0.4, 0.5) is 0 Å². The van der Waals surface area contributed by atoms with Gasteiger partial charge >= 0.3 is 0 Å². The third kappa shape index (κ3) is 2.23. The number of rotatable bonds is 2. The Morgan fingerprint density at radius 1 is 0.750 bits per heavy atom. The molecule has 0 unspecified atom stereocenters. The molecular weight excluding hydrogens is 248 g/mol. The maximum atomic E-state index is 6.01. The number of benzene rings is 2. The van der Waals surface area contributed by atoms with Crippen LogP contribution in [0.25, 0.3) is 11.0 Å². The average Bonchev–Trinajstić information content (AvgIpc) is 2.43. The molecule has 3 aromatic rings. The van der Waals surface area contributed by atoms with Crippen molar-refractivity contribution in [2.24, 2.45) is 0 Å². The molecule has 0 fully saturated rings. The quantitative estimate of drug-likeness (QED) is 0.690. The SMILES string of the molecule is Cc1cccc(C)c1Oc1nc2ccccc2nc1C. The third-order valence-electron chi connectivity index (χ3n) is 3.31. The Kier molecular flexibility index (Phi) is 3.11. The van der Waals surface area contributed by atoms with E-state index in [1.807, 2.05) is 63.2 Å². The Hall–Kier alpha value is -2.42. The van der Waals surface area contributed by atoms with Crippen LogP contribution in [0.2, 0.25) is 0 Å². The summed E-state index contributed by atoms with van der Waals surface area (Å²) in [6, 6.07) is 13.9. The summed E-state index contributed by atoms with van der Waals surface area (Å²) in [5.74, 6) is 1.43. The van der Waals surface area contributed by atoms with Crippen molar-refractivity contribution in [2.45, 2.75) is 20.8 Å². The first kappa shape index (κ1) is 12.6. The van der Waals surface area contributed by atoms with Crippen molar-refractivity contribution >= 4 is 11.0 Å². The molecule has 0 amide bonds.